The second-order valence-corrected chi connectivity index (χ2v) is 6.33. The van der Waals surface area contributed by atoms with E-state index in [-0.39, 0.29) is 17.3 Å². The first-order chi connectivity index (χ1) is 9.88. The van der Waals surface area contributed by atoms with Gasteiger partial charge in [0.05, 0.1) is 11.5 Å². The van der Waals surface area contributed by atoms with E-state index in [4.69, 9.17) is 5.73 Å². The lowest BCUT2D eigenvalue weighted by Gasteiger charge is -2.16. The average molecular weight is 370 g/mol. The number of carbonyl (C=O) groups excluding carboxylic acids is 1. The number of anilines is 1. The topological polar surface area (TPSA) is 89.5 Å². The first-order valence-electron chi connectivity index (χ1n) is 5.91. The zero-order valence-corrected chi connectivity index (χ0v) is 13.5. The molecule has 0 bridgehead atoms. The van der Waals surface area contributed by atoms with Crippen LogP contribution in [-0.4, -0.2) is 22.8 Å². The molecule has 0 fully saturated rings. The van der Waals surface area contributed by atoms with Crippen LogP contribution in [0, 0.1) is 10.1 Å². The number of benzene rings is 1. The average Bonchev–Trinajstić information content (AvgIpc) is 2.82. The van der Waals surface area contributed by atoms with Gasteiger partial charge in [-0.3, -0.25) is 14.9 Å². The predicted molar refractivity (Wildman–Crippen MR) is 85.3 cm³/mol. The van der Waals surface area contributed by atoms with E-state index < -0.39 is 4.92 Å². The van der Waals surface area contributed by atoms with Crippen LogP contribution in [-0.2, 0) is 6.54 Å². The Balaban J connectivity index is 2.15. The Morgan fingerprint density at radius 3 is 2.71 bits per heavy atom. The minimum absolute atomic E-state index is 0.0156. The number of amides is 1. The van der Waals surface area contributed by atoms with Crippen LogP contribution in [0.1, 0.15) is 15.2 Å². The number of carbonyl (C=O) groups is 1. The minimum atomic E-state index is -0.573. The van der Waals surface area contributed by atoms with Gasteiger partial charge in [-0.2, -0.15) is 0 Å². The number of thiophene rings is 1. The molecule has 1 amide bonds. The van der Waals surface area contributed by atoms with E-state index >= 15 is 0 Å². The molecule has 1 aromatic carbocycles. The van der Waals surface area contributed by atoms with Gasteiger partial charge in [-0.15, -0.1) is 11.3 Å². The van der Waals surface area contributed by atoms with Crippen molar-refractivity contribution in [1.82, 2.24) is 4.90 Å². The molecule has 0 aliphatic carbocycles. The maximum absolute atomic E-state index is 12.3. The number of halogens is 1. The Kier molecular flexibility index (Phi) is 4.59. The molecule has 1 heterocycles. The van der Waals surface area contributed by atoms with Crippen LogP contribution in [0.4, 0.5) is 11.4 Å². The summed E-state index contributed by atoms with van der Waals surface area (Å²) in [7, 11) is 1.67. The fourth-order valence-electron chi connectivity index (χ4n) is 1.82. The molecular weight excluding hydrogens is 358 g/mol. The highest BCUT2D eigenvalue weighted by Gasteiger charge is 2.17. The number of hydrogen-bond donors (Lipinski definition) is 1. The zero-order valence-electron chi connectivity index (χ0n) is 11.1. The molecule has 2 aromatic rings. The van der Waals surface area contributed by atoms with Crippen molar-refractivity contribution in [3.8, 4) is 0 Å². The normalized spacial score (nSPS) is 10.4. The molecule has 1 aromatic heterocycles. The lowest BCUT2D eigenvalue weighted by atomic mass is 10.1. The number of rotatable bonds is 4. The second kappa shape index (κ2) is 6.23. The van der Waals surface area contributed by atoms with E-state index in [1.165, 1.54) is 18.2 Å². The minimum Gasteiger partial charge on any atom is -0.393 e. The number of nitrogen functional groups attached to an aromatic ring is 1. The van der Waals surface area contributed by atoms with E-state index in [2.05, 4.69) is 15.9 Å². The molecule has 2 rings (SSSR count). The van der Waals surface area contributed by atoms with Gasteiger partial charge in [0, 0.05) is 33.4 Å². The Bertz CT molecular complexity index is 702. The van der Waals surface area contributed by atoms with Gasteiger partial charge in [0.1, 0.15) is 5.69 Å². The first-order valence-corrected chi connectivity index (χ1v) is 7.58. The third-order valence-electron chi connectivity index (χ3n) is 2.83. The van der Waals surface area contributed by atoms with Crippen molar-refractivity contribution >= 4 is 44.5 Å². The molecule has 0 unspecified atom stereocenters. The number of nitro benzene ring substituents is 1. The first kappa shape index (κ1) is 15.5. The SMILES string of the molecule is CN(Cc1cc(Br)cs1)C(=O)c1ccc([N+](=O)[O-])c(N)c1. The highest BCUT2D eigenvalue weighted by atomic mass is 79.9. The van der Waals surface area contributed by atoms with E-state index in [1.54, 1.807) is 23.3 Å². The van der Waals surface area contributed by atoms with Crippen LogP contribution in [0.3, 0.4) is 0 Å². The van der Waals surface area contributed by atoms with Crippen molar-refractivity contribution in [2.75, 3.05) is 12.8 Å². The second-order valence-electron chi connectivity index (χ2n) is 4.42. The molecule has 21 heavy (non-hydrogen) atoms. The summed E-state index contributed by atoms with van der Waals surface area (Å²) in [5.74, 6) is -0.235. The summed E-state index contributed by atoms with van der Waals surface area (Å²) in [5, 5.41) is 12.6. The molecule has 0 atom stereocenters. The summed E-state index contributed by atoms with van der Waals surface area (Å²) in [6.07, 6.45) is 0. The summed E-state index contributed by atoms with van der Waals surface area (Å²) < 4.78 is 0.975. The van der Waals surface area contributed by atoms with E-state index in [0.717, 1.165) is 9.35 Å². The Labute approximate surface area is 133 Å². The molecule has 0 radical (unpaired) electrons. The van der Waals surface area contributed by atoms with Gasteiger partial charge in [-0.1, -0.05) is 0 Å². The van der Waals surface area contributed by atoms with Crippen molar-refractivity contribution in [1.29, 1.82) is 0 Å². The van der Waals surface area contributed by atoms with E-state index in [0.29, 0.717) is 12.1 Å². The molecule has 0 saturated carbocycles. The molecule has 8 heteroatoms. The molecule has 0 aliphatic rings. The summed E-state index contributed by atoms with van der Waals surface area (Å²) in [6, 6.07) is 5.94. The standard InChI is InChI=1S/C13H12BrN3O3S/c1-16(6-10-5-9(14)7-21-10)13(18)8-2-3-12(17(19)20)11(15)4-8/h2-5,7H,6,15H2,1H3. The van der Waals surface area contributed by atoms with Crippen LogP contribution in [0.5, 0.6) is 0 Å². The van der Waals surface area contributed by atoms with Gasteiger partial charge >= 0.3 is 0 Å². The van der Waals surface area contributed by atoms with Crippen molar-refractivity contribution in [3.63, 3.8) is 0 Å². The Morgan fingerprint density at radius 2 is 2.19 bits per heavy atom. The van der Waals surface area contributed by atoms with Crippen LogP contribution in [0.25, 0.3) is 0 Å². The highest BCUT2D eigenvalue weighted by Crippen LogP contribution is 2.24. The van der Waals surface area contributed by atoms with Crippen molar-refractivity contribution in [2.24, 2.45) is 0 Å². The fourth-order valence-corrected chi connectivity index (χ4v) is 3.32. The molecule has 6 nitrogen and oxygen atoms in total. The number of nitrogens with zero attached hydrogens (tertiary/aromatic N) is 2. The lowest BCUT2D eigenvalue weighted by Crippen LogP contribution is -2.25. The predicted octanol–water partition coefficient (Wildman–Crippen LogP) is 3.27. The molecule has 110 valence electrons. The van der Waals surface area contributed by atoms with Gasteiger partial charge < -0.3 is 10.6 Å². The van der Waals surface area contributed by atoms with Gasteiger partial charge in [0.25, 0.3) is 11.6 Å². The van der Waals surface area contributed by atoms with E-state index in [9.17, 15) is 14.9 Å². The summed E-state index contributed by atoms with van der Waals surface area (Å²) in [4.78, 5) is 25.0. The zero-order chi connectivity index (χ0) is 15.6. The van der Waals surface area contributed by atoms with Crippen LogP contribution in [0.2, 0.25) is 0 Å². The maximum atomic E-state index is 12.3. The summed E-state index contributed by atoms with van der Waals surface area (Å²) in [5.41, 5.74) is 5.72. The molecule has 2 N–H and O–H groups in total. The maximum Gasteiger partial charge on any atom is 0.292 e. The van der Waals surface area contributed by atoms with Crippen molar-refractivity contribution in [2.45, 2.75) is 6.54 Å². The largest absolute Gasteiger partial charge is 0.393 e. The smallest absolute Gasteiger partial charge is 0.292 e. The summed E-state index contributed by atoms with van der Waals surface area (Å²) >= 11 is 4.91. The quantitative estimate of drug-likeness (QED) is 0.508. The van der Waals surface area contributed by atoms with Gasteiger partial charge in [0.15, 0.2) is 0 Å². The van der Waals surface area contributed by atoms with Gasteiger partial charge in [-0.25, -0.2) is 0 Å². The third-order valence-corrected chi connectivity index (χ3v) is 4.52. The molecule has 0 spiro atoms. The number of hydrogen-bond acceptors (Lipinski definition) is 5. The van der Waals surface area contributed by atoms with Gasteiger partial charge in [-0.05, 0) is 34.1 Å². The number of nitro groups is 1. The molecule has 0 aliphatic heterocycles. The highest BCUT2D eigenvalue weighted by molar-refractivity contribution is 9.10. The fraction of sp³-hybridized carbons (Fsp3) is 0.154. The Morgan fingerprint density at radius 1 is 1.48 bits per heavy atom. The molecular formula is C13H12BrN3O3S. The van der Waals surface area contributed by atoms with Crippen molar-refractivity contribution < 1.29 is 9.72 Å². The number of nitrogens with two attached hydrogens (primary N) is 1. The lowest BCUT2D eigenvalue weighted by molar-refractivity contribution is -0.383. The third kappa shape index (κ3) is 3.59. The van der Waals surface area contributed by atoms with Crippen molar-refractivity contribution in [3.05, 3.63) is 54.7 Å². The van der Waals surface area contributed by atoms with E-state index in [1.807, 2.05) is 11.4 Å². The summed E-state index contributed by atoms with van der Waals surface area (Å²) in [6.45, 7) is 0.464. The Hall–Kier alpha value is -1.93. The van der Waals surface area contributed by atoms with Gasteiger partial charge in [0.2, 0.25) is 0 Å². The van der Waals surface area contributed by atoms with Crippen LogP contribution >= 0.6 is 27.3 Å². The van der Waals surface area contributed by atoms with Crippen LogP contribution < -0.4 is 5.73 Å². The molecule has 0 saturated heterocycles. The van der Waals surface area contributed by atoms with Crippen LogP contribution in [0.15, 0.2) is 34.1 Å². The monoisotopic (exact) mass is 369 g/mol.